The number of rotatable bonds is 50. The van der Waals surface area contributed by atoms with Crippen molar-refractivity contribution in [2.45, 2.75) is 301 Å². The molecule has 1 saturated heterocycles. The number of carbonyl (C=O) groups is 2. The number of aliphatic hydroxyl groups is 5. The summed E-state index contributed by atoms with van der Waals surface area (Å²) >= 11 is 0. The third kappa shape index (κ3) is 38.6. The van der Waals surface area contributed by atoms with E-state index in [2.05, 4.69) is 86.8 Å². The molecule has 0 spiro atoms. The molecule has 0 saturated carbocycles. The van der Waals surface area contributed by atoms with Crippen LogP contribution in [0.25, 0.3) is 0 Å². The Morgan fingerprint density at radius 2 is 0.973 bits per heavy atom. The van der Waals surface area contributed by atoms with Crippen molar-refractivity contribution in [2.24, 2.45) is 0 Å². The Balaban J connectivity index is 2.71. The lowest BCUT2D eigenvalue weighted by Crippen LogP contribution is -2.61. The number of aliphatic hydroxyl groups excluding tert-OH is 5. The summed E-state index contributed by atoms with van der Waals surface area (Å²) in [6.07, 6.45) is 53.6. The zero-order valence-electron chi connectivity index (χ0n) is 47.2. The molecule has 11 heteroatoms. The van der Waals surface area contributed by atoms with E-state index in [1.165, 1.54) is 96.3 Å². The van der Waals surface area contributed by atoms with E-state index >= 15 is 0 Å². The van der Waals surface area contributed by atoms with Crippen molar-refractivity contribution in [1.29, 1.82) is 0 Å². The summed E-state index contributed by atoms with van der Waals surface area (Å²) in [6, 6.07) is -1.03. The van der Waals surface area contributed by atoms with Gasteiger partial charge in [-0.15, -0.1) is 0 Å². The van der Waals surface area contributed by atoms with E-state index in [9.17, 15) is 35.1 Å². The van der Waals surface area contributed by atoms with Gasteiger partial charge in [-0.1, -0.05) is 229 Å². The van der Waals surface area contributed by atoms with Crippen LogP contribution in [0, 0.1) is 0 Å². The van der Waals surface area contributed by atoms with E-state index in [4.69, 9.17) is 14.2 Å². The number of nitrogens with one attached hydrogen (secondary N) is 1. The van der Waals surface area contributed by atoms with Gasteiger partial charge in [-0.25, -0.2) is 0 Å². The zero-order chi connectivity index (χ0) is 54.0. The van der Waals surface area contributed by atoms with Crippen molar-refractivity contribution in [3.8, 4) is 0 Å². The Morgan fingerprint density at radius 3 is 1.50 bits per heavy atom. The van der Waals surface area contributed by atoms with Crippen LogP contribution in [0.2, 0.25) is 0 Å². The maximum atomic E-state index is 13.4. The van der Waals surface area contributed by atoms with Gasteiger partial charge in [0.1, 0.15) is 24.4 Å². The second-order valence-electron chi connectivity index (χ2n) is 20.8. The van der Waals surface area contributed by atoms with Gasteiger partial charge < -0.3 is 45.1 Å². The number of amides is 1. The highest BCUT2D eigenvalue weighted by atomic mass is 16.7. The van der Waals surface area contributed by atoms with Gasteiger partial charge >= 0.3 is 5.97 Å². The minimum absolute atomic E-state index is 0.105. The van der Waals surface area contributed by atoms with Crippen LogP contribution in [0.3, 0.4) is 0 Å². The molecule has 74 heavy (non-hydrogen) atoms. The smallest absolute Gasteiger partial charge is 0.306 e. The molecular weight excluding hydrogens is 931 g/mol. The van der Waals surface area contributed by atoms with E-state index in [1.807, 2.05) is 6.08 Å². The number of unbranched alkanes of at least 4 members (excludes halogenated alkanes) is 27. The molecule has 1 heterocycles. The molecule has 8 unspecified atom stereocenters. The molecule has 1 fully saturated rings. The number of allylic oxidation sites excluding steroid dienone is 11. The minimum Gasteiger partial charge on any atom is -0.454 e. The molecule has 0 aromatic carbocycles. The fraction of sp³-hybridized carbons (Fsp3) is 0.778. The maximum Gasteiger partial charge on any atom is 0.306 e. The van der Waals surface area contributed by atoms with Gasteiger partial charge in [0.2, 0.25) is 5.91 Å². The van der Waals surface area contributed by atoms with E-state index < -0.39 is 67.4 Å². The Labute approximate surface area is 451 Å². The third-order valence-corrected chi connectivity index (χ3v) is 13.9. The standard InChI is InChI=1S/C63H111NO10/c1-4-7-10-13-16-19-22-25-27-28-29-30-31-33-36-39-42-45-48-51-58(68)74-61-60(70)59(69)57(52-65)73-63(61)72-53-54(55(66)49-46-43-40-37-34-24-21-18-15-12-9-6-3)64-62(71)56(67)50-47-44-41-38-35-32-26-23-20-17-14-11-8-5-2/h16-17,19-20,23,25-27,29-30,46,49,54-57,59-61,63,65-67,69-70H,4-15,18,21-22,24,28,31-45,47-48,50-53H2,1-3H3,(H,64,71)/b19-16-,20-17+,26-23+,27-25-,30-29-,49-46+. The number of carbonyl (C=O) groups excluding carboxylic acids is 2. The fourth-order valence-corrected chi connectivity index (χ4v) is 9.00. The minimum atomic E-state index is -1.62. The van der Waals surface area contributed by atoms with E-state index in [1.54, 1.807) is 6.08 Å². The molecule has 1 aliphatic rings. The maximum absolute atomic E-state index is 13.4. The van der Waals surface area contributed by atoms with Crippen molar-refractivity contribution in [1.82, 2.24) is 5.32 Å². The van der Waals surface area contributed by atoms with Gasteiger partial charge in [0, 0.05) is 6.42 Å². The lowest BCUT2D eigenvalue weighted by Gasteiger charge is -2.41. The van der Waals surface area contributed by atoms with Crippen LogP contribution in [-0.2, 0) is 23.8 Å². The highest BCUT2D eigenvalue weighted by Crippen LogP contribution is 2.26. The first kappa shape index (κ1) is 69.1. The van der Waals surface area contributed by atoms with Crippen molar-refractivity contribution in [3.63, 3.8) is 0 Å². The molecule has 0 radical (unpaired) electrons. The van der Waals surface area contributed by atoms with E-state index in [0.29, 0.717) is 12.8 Å². The Kier molecular flexibility index (Phi) is 47.5. The number of ether oxygens (including phenoxy) is 3. The first-order valence-corrected chi connectivity index (χ1v) is 30.2. The lowest BCUT2D eigenvalue weighted by atomic mass is 9.99. The number of hydrogen-bond donors (Lipinski definition) is 6. The van der Waals surface area contributed by atoms with Gasteiger partial charge in [0.15, 0.2) is 12.4 Å². The molecule has 0 aromatic rings. The summed E-state index contributed by atoms with van der Waals surface area (Å²) in [5.74, 6) is -1.22. The van der Waals surface area contributed by atoms with E-state index in [-0.39, 0.29) is 19.4 Å². The summed E-state index contributed by atoms with van der Waals surface area (Å²) in [7, 11) is 0. The normalized spacial score (nSPS) is 19.8. The van der Waals surface area contributed by atoms with Gasteiger partial charge in [-0.3, -0.25) is 9.59 Å². The second-order valence-corrected chi connectivity index (χ2v) is 20.8. The first-order chi connectivity index (χ1) is 36.2. The summed E-state index contributed by atoms with van der Waals surface area (Å²) < 4.78 is 17.6. The monoisotopic (exact) mass is 1040 g/mol. The third-order valence-electron chi connectivity index (χ3n) is 13.9. The molecule has 1 aliphatic heterocycles. The molecule has 428 valence electrons. The van der Waals surface area contributed by atoms with Crippen LogP contribution in [-0.4, -0.2) is 99.6 Å². The molecule has 1 rings (SSSR count). The van der Waals surface area contributed by atoms with Crippen LogP contribution in [0.5, 0.6) is 0 Å². The van der Waals surface area contributed by atoms with E-state index in [0.717, 1.165) is 109 Å². The topological polar surface area (TPSA) is 175 Å². The van der Waals surface area contributed by atoms with Crippen LogP contribution >= 0.6 is 0 Å². The SMILES string of the molecule is CCCCC/C=C\C/C=C\C/C=C\CCCCCCCCC(=O)OC1C(OCC(NC(=O)C(O)CCCCCCC/C=C/C=C/CCCCC)C(O)/C=C/CCCCCCCCCCCC)OC(CO)C(O)C1O. The molecule has 0 aliphatic carbocycles. The Bertz CT molecular complexity index is 1480. The van der Waals surface area contributed by atoms with Crippen LogP contribution < -0.4 is 5.32 Å². The number of hydrogen-bond acceptors (Lipinski definition) is 10. The summed E-state index contributed by atoms with van der Waals surface area (Å²) in [5.41, 5.74) is 0. The summed E-state index contributed by atoms with van der Waals surface area (Å²) in [4.78, 5) is 26.5. The summed E-state index contributed by atoms with van der Waals surface area (Å²) in [5, 5.41) is 56.9. The molecule has 11 nitrogen and oxygen atoms in total. The second kappa shape index (κ2) is 50.9. The average Bonchev–Trinajstić information content (AvgIpc) is 3.40. The molecule has 8 atom stereocenters. The highest BCUT2D eigenvalue weighted by molar-refractivity contribution is 5.80. The van der Waals surface area contributed by atoms with Gasteiger partial charge in [-0.05, 0) is 89.9 Å². The quantitative estimate of drug-likeness (QED) is 0.0149. The Hall–Kier alpha value is -2.90. The van der Waals surface area contributed by atoms with Gasteiger partial charge in [0.05, 0.1) is 25.4 Å². The fourth-order valence-electron chi connectivity index (χ4n) is 9.00. The molecular formula is C63H111NO10. The van der Waals surface area contributed by atoms with Crippen molar-refractivity contribution in [2.75, 3.05) is 13.2 Å². The molecule has 0 bridgehead atoms. The summed E-state index contributed by atoms with van der Waals surface area (Å²) in [6.45, 7) is 5.71. The highest BCUT2D eigenvalue weighted by Gasteiger charge is 2.47. The largest absolute Gasteiger partial charge is 0.454 e. The average molecular weight is 1040 g/mol. The van der Waals surface area contributed by atoms with Crippen molar-refractivity contribution >= 4 is 11.9 Å². The lowest BCUT2D eigenvalue weighted by molar-refractivity contribution is -0.305. The zero-order valence-corrected chi connectivity index (χ0v) is 47.2. The Morgan fingerprint density at radius 1 is 0.541 bits per heavy atom. The van der Waals surface area contributed by atoms with Crippen molar-refractivity contribution in [3.05, 3.63) is 72.9 Å². The van der Waals surface area contributed by atoms with Crippen LogP contribution in [0.1, 0.15) is 252 Å². The van der Waals surface area contributed by atoms with Crippen molar-refractivity contribution < 1.29 is 49.3 Å². The van der Waals surface area contributed by atoms with Gasteiger partial charge in [-0.2, -0.15) is 0 Å². The molecule has 0 aromatic heterocycles. The predicted octanol–water partition coefficient (Wildman–Crippen LogP) is 14.0. The van der Waals surface area contributed by atoms with Gasteiger partial charge in [0.25, 0.3) is 0 Å². The number of esters is 1. The first-order valence-electron chi connectivity index (χ1n) is 30.2. The van der Waals surface area contributed by atoms with Crippen LogP contribution in [0.15, 0.2) is 72.9 Å². The predicted molar refractivity (Wildman–Crippen MR) is 306 cm³/mol. The molecule has 6 N–H and O–H groups in total. The molecule has 1 amide bonds. The van der Waals surface area contributed by atoms with Crippen LogP contribution in [0.4, 0.5) is 0 Å².